The van der Waals surface area contributed by atoms with Gasteiger partial charge in [0.25, 0.3) is 5.91 Å². The molecule has 0 bridgehead atoms. The molecule has 42 heavy (non-hydrogen) atoms. The summed E-state index contributed by atoms with van der Waals surface area (Å²) in [5.41, 5.74) is 3.84. The molecule has 2 heterocycles. The van der Waals surface area contributed by atoms with Gasteiger partial charge in [-0.15, -0.1) is 13.2 Å². The Morgan fingerprint density at radius 2 is 1.71 bits per heavy atom. The Morgan fingerprint density at radius 3 is 2.40 bits per heavy atom. The third-order valence-electron chi connectivity index (χ3n) is 7.13. The van der Waals surface area contributed by atoms with Gasteiger partial charge >= 0.3 is 6.36 Å². The standard InChI is InChI=1S/C29H27F4N3O2.2C2H6/c1-17-13-25(27(36-17)20-3-2-4-22(14-20)38-29(31,32)33)28(37)35-16-18-5-7-19(8-6-18)23-11-12-34-26-10-9-21(30)15-24(23)26;2*1-2/h2-4,9-15,18-19,36H,5-8,16H2,1H3,(H,35,37);2*1-2H3. The van der Waals surface area contributed by atoms with Crippen LogP contribution in [0.2, 0.25) is 0 Å². The van der Waals surface area contributed by atoms with Crippen LogP contribution >= 0.6 is 0 Å². The Morgan fingerprint density at radius 1 is 1.00 bits per heavy atom. The van der Waals surface area contributed by atoms with Gasteiger partial charge in [-0.05, 0) is 92.5 Å². The summed E-state index contributed by atoms with van der Waals surface area (Å²) in [7, 11) is 0. The second-order valence-electron chi connectivity index (χ2n) is 9.81. The number of halogens is 4. The summed E-state index contributed by atoms with van der Waals surface area (Å²) in [6.07, 6.45) is 0.653. The van der Waals surface area contributed by atoms with E-state index in [0.29, 0.717) is 40.9 Å². The third-order valence-corrected chi connectivity index (χ3v) is 7.13. The van der Waals surface area contributed by atoms with Gasteiger partial charge in [0.1, 0.15) is 11.6 Å². The molecule has 0 unspecified atom stereocenters. The van der Waals surface area contributed by atoms with Gasteiger partial charge < -0.3 is 15.0 Å². The lowest BCUT2D eigenvalue weighted by atomic mass is 9.78. The summed E-state index contributed by atoms with van der Waals surface area (Å²) in [5.74, 6) is -0.312. The average Bonchev–Trinajstić information content (AvgIpc) is 3.39. The van der Waals surface area contributed by atoms with Crippen LogP contribution in [0.3, 0.4) is 0 Å². The van der Waals surface area contributed by atoms with Crippen molar-refractivity contribution in [3.05, 3.63) is 83.4 Å². The molecule has 0 atom stereocenters. The lowest BCUT2D eigenvalue weighted by Crippen LogP contribution is -2.31. The number of fused-ring (bicyclic) bond motifs is 1. The van der Waals surface area contributed by atoms with E-state index in [0.717, 1.165) is 42.1 Å². The first-order chi connectivity index (χ1) is 20.2. The van der Waals surface area contributed by atoms with Crippen molar-refractivity contribution in [2.24, 2.45) is 5.92 Å². The van der Waals surface area contributed by atoms with E-state index in [2.05, 4.69) is 20.0 Å². The summed E-state index contributed by atoms with van der Waals surface area (Å²) in [6, 6.07) is 13.9. The number of rotatable bonds is 6. The number of nitrogens with zero attached hydrogens (tertiary/aromatic N) is 1. The molecule has 226 valence electrons. The Balaban J connectivity index is 0.00000116. The van der Waals surface area contributed by atoms with E-state index in [1.807, 2.05) is 33.8 Å². The molecule has 1 fully saturated rings. The molecule has 9 heteroatoms. The largest absolute Gasteiger partial charge is 0.573 e. The van der Waals surface area contributed by atoms with Gasteiger partial charge in [-0.2, -0.15) is 0 Å². The third kappa shape index (κ3) is 8.33. The minimum absolute atomic E-state index is 0.276. The number of nitrogens with one attached hydrogen (secondary N) is 2. The van der Waals surface area contributed by atoms with Crippen LogP contribution in [0.15, 0.2) is 60.8 Å². The summed E-state index contributed by atoms with van der Waals surface area (Å²) >= 11 is 0. The number of aromatic amines is 1. The van der Waals surface area contributed by atoms with Crippen molar-refractivity contribution in [3.63, 3.8) is 0 Å². The zero-order valence-electron chi connectivity index (χ0n) is 24.7. The van der Waals surface area contributed by atoms with Gasteiger partial charge in [-0.25, -0.2) is 4.39 Å². The fraction of sp³-hybridized carbons (Fsp3) is 0.394. The van der Waals surface area contributed by atoms with Gasteiger partial charge in [-0.1, -0.05) is 39.8 Å². The highest BCUT2D eigenvalue weighted by Crippen LogP contribution is 2.38. The van der Waals surface area contributed by atoms with Crippen molar-refractivity contribution in [2.45, 2.75) is 72.6 Å². The predicted octanol–water partition coefficient (Wildman–Crippen LogP) is 9.33. The molecule has 1 saturated carbocycles. The summed E-state index contributed by atoms with van der Waals surface area (Å²) in [4.78, 5) is 20.5. The number of hydrogen-bond donors (Lipinski definition) is 2. The quantitative estimate of drug-likeness (QED) is 0.222. The average molecular weight is 586 g/mol. The first-order valence-electron chi connectivity index (χ1n) is 14.5. The maximum Gasteiger partial charge on any atom is 0.573 e. The molecule has 1 aliphatic carbocycles. The van der Waals surface area contributed by atoms with Crippen molar-refractivity contribution >= 4 is 16.8 Å². The minimum Gasteiger partial charge on any atom is -0.406 e. The number of hydrogen-bond acceptors (Lipinski definition) is 3. The van der Waals surface area contributed by atoms with Crippen LogP contribution in [0, 0.1) is 18.7 Å². The van der Waals surface area contributed by atoms with Crippen LogP contribution in [0.1, 0.15) is 80.9 Å². The van der Waals surface area contributed by atoms with Crippen molar-refractivity contribution in [1.82, 2.24) is 15.3 Å². The number of benzene rings is 2. The maximum atomic E-state index is 13.9. The second kappa shape index (κ2) is 14.8. The van der Waals surface area contributed by atoms with Crippen molar-refractivity contribution in [2.75, 3.05) is 6.54 Å². The lowest BCUT2D eigenvalue weighted by molar-refractivity contribution is -0.274. The van der Waals surface area contributed by atoms with E-state index in [9.17, 15) is 22.4 Å². The zero-order chi connectivity index (χ0) is 30.9. The van der Waals surface area contributed by atoms with E-state index in [-0.39, 0.29) is 17.5 Å². The molecule has 0 aliphatic heterocycles. The Hall–Kier alpha value is -3.88. The van der Waals surface area contributed by atoms with Crippen LogP contribution < -0.4 is 10.1 Å². The summed E-state index contributed by atoms with van der Waals surface area (Å²) in [5, 5.41) is 3.86. The van der Waals surface area contributed by atoms with Gasteiger partial charge in [0, 0.05) is 29.4 Å². The topological polar surface area (TPSA) is 67.0 Å². The monoisotopic (exact) mass is 585 g/mol. The first-order valence-corrected chi connectivity index (χ1v) is 14.5. The highest BCUT2D eigenvalue weighted by molar-refractivity contribution is 6.00. The van der Waals surface area contributed by atoms with Crippen molar-refractivity contribution in [3.8, 4) is 17.0 Å². The molecule has 4 aromatic rings. The van der Waals surface area contributed by atoms with Crippen LogP contribution in [0.5, 0.6) is 5.75 Å². The van der Waals surface area contributed by atoms with Gasteiger partial charge in [0.15, 0.2) is 0 Å². The Kier molecular flexibility index (Phi) is 11.5. The van der Waals surface area contributed by atoms with Crippen LogP contribution in [0.25, 0.3) is 22.2 Å². The fourth-order valence-electron chi connectivity index (χ4n) is 5.35. The normalized spacial score (nSPS) is 16.5. The Bertz CT molecular complexity index is 1460. The highest BCUT2D eigenvalue weighted by atomic mass is 19.4. The van der Waals surface area contributed by atoms with Gasteiger partial charge in [0.2, 0.25) is 0 Å². The number of aromatic nitrogens is 2. The molecule has 0 radical (unpaired) electrons. The molecule has 5 nitrogen and oxygen atoms in total. The minimum atomic E-state index is -4.80. The number of carbonyl (C=O) groups is 1. The lowest BCUT2D eigenvalue weighted by Gasteiger charge is -2.29. The zero-order valence-corrected chi connectivity index (χ0v) is 24.7. The molecule has 2 N–H and O–H groups in total. The number of H-pyrrole nitrogens is 1. The number of amides is 1. The molecule has 1 amide bonds. The number of pyridine rings is 1. The fourth-order valence-corrected chi connectivity index (χ4v) is 5.35. The SMILES string of the molecule is CC.CC.Cc1cc(C(=O)NCC2CCC(c3ccnc4ccc(F)cc34)CC2)c(-c2cccc(OC(F)(F)F)c2)[nH]1. The van der Waals surface area contributed by atoms with Gasteiger partial charge in [0.05, 0.1) is 16.8 Å². The van der Waals surface area contributed by atoms with Crippen LogP contribution in [0.4, 0.5) is 17.6 Å². The number of carbonyl (C=O) groups excluding carboxylic acids is 1. The summed E-state index contributed by atoms with van der Waals surface area (Å²) in [6.45, 7) is 10.3. The Labute approximate surface area is 244 Å². The van der Waals surface area contributed by atoms with Crippen molar-refractivity contribution < 1.29 is 27.1 Å². The van der Waals surface area contributed by atoms with Gasteiger partial charge in [-0.3, -0.25) is 9.78 Å². The van der Waals surface area contributed by atoms with E-state index in [1.54, 1.807) is 37.4 Å². The molecule has 0 spiro atoms. The van der Waals surface area contributed by atoms with E-state index < -0.39 is 6.36 Å². The number of aryl methyl sites for hydroxylation is 1. The molecule has 2 aromatic carbocycles. The van der Waals surface area contributed by atoms with E-state index in [1.165, 1.54) is 24.3 Å². The predicted molar refractivity (Wildman–Crippen MR) is 159 cm³/mol. The van der Waals surface area contributed by atoms with Crippen molar-refractivity contribution in [1.29, 1.82) is 0 Å². The number of alkyl halides is 3. The van der Waals surface area contributed by atoms with Crippen LogP contribution in [-0.2, 0) is 0 Å². The molecule has 1 aliphatic rings. The molecular weight excluding hydrogens is 546 g/mol. The molecule has 0 saturated heterocycles. The molecule has 2 aromatic heterocycles. The van der Waals surface area contributed by atoms with E-state index >= 15 is 0 Å². The van der Waals surface area contributed by atoms with Crippen LogP contribution in [-0.4, -0.2) is 28.8 Å². The second-order valence-corrected chi connectivity index (χ2v) is 9.81. The summed E-state index contributed by atoms with van der Waals surface area (Å²) < 4.78 is 55.9. The smallest absolute Gasteiger partial charge is 0.406 e. The maximum absolute atomic E-state index is 13.9. The number of ether oxygens (including phenoxy) is 1. The molecule has 5 rings (SSSR count). The highest BCUT2D eigenvalue weighted by Gasteiger charge is 2.31. The first kappa shape index (κ1) is 32.6. The molecular formula is C33H39F4N3O2. The van der Waals surface area contributed by atoms with E-state index in [4.69, 9.17) is 0 Å².